The molecule has 1 aromatic rings. The second-order valence-corrected chi connectivity index (χ2v) is 5.65. The van der Waals surface area contributed by atoms with E-state index in [1.165, 1.54) is 0 Å². The fraction of sp³-hybridized carbons (Fsp3) is 0.500. The summed E-state index contributed by atoms with van der Waals surface area (Å²) in [5, 5.41) is 2.90. The van der Waals surface area contributed by atoms with Crippen molar-refractivity contribution in [1.29, 1.82) is 0 Å². The summed E-state index contributed by atoms with van der Waals surface area (Å²) in [5.41, 5.74) is 0.229. The van der Waals surface area contributed by atoms with Crippen LogP contribution in [0.4, 0.5) is 0 Å². The lowest BCUT2D eigenvalue weighted by atomic mass is 10.0. The average molecular weight is 288 g/mol. The minimum absolute atomic E-state index is 0.0311. The summed E-state index contributed by atoms with van der Waals surface area (Å²) in [6, 6.07) is 9.74. The van der Waals surface area contributed by atoms with E-state index in [-0.39, 0.29) is 11.8 Å². The van der Waals surface area contributed by atoms with Crippen molar-refractivity contribution in [1.82, 2.24) is 10.2 Å². The van der Waals surface area contributed by atoms with Crippen LogP contribution >= 0.6 is 0 Å². The fourth-order valence-corrected chi connectivity index (χ4v) is 2.68. The van der Waals surface area contributed by atoms with Gasteiger partial charge in [0.1, 0.15) is 5.41 Å². The van der Waals surface area contributed by atoms with E-state index in [1.54, 1.807) is 4.90 Å². The molecule has 0 atom stereocenters. The lowest BCUT2D eigenvalue weighted by molar-refractivity contribution is -0.147. The SMILES string of the molecule is O=C(NCc1ccccc1)C1(C(=O)N2CCOCC2)CC1. The highest BCUT2D eigenvalue weighted by molar-refractivity contribution is 6.07. The van der Waals surface area contributed by atoms with Gasteiger partial charge in [-0.2, -0.15) is 0 Å². The Kier molecular flexibility index (Phi) is 3.92. The quantitative estimate of drug-likeness (QED) is 0.839. The number of nitrogens with zero attached hydrogens (tertiary/aromatic N) is 1. The standard InChI is InChI=1S/C16H20N2O3/c19-14(17-12-13-4-2-1-3-5-13)16(6-7-16)15(20)18-8-10-21-11-9-18/h1-5H,6-12H2,(H,17,19). The summed E-state index contributed by atoms with van der Waals surface area (Å²) in [5.74, 6) is -0.167. The van der Waals surface area contributed by atoms with E-state index >= 15 is 0 Å². The number of nitrogens with one attached hydrogen (secondary N) is 1. The van der Waals surface area contributed by atoms with Gasteiger partial charge in [-0.05, 0) is 18.4 Å². The average Bonchev–Trinajstić information content (AvgIpc) is 3.35. The van der Waals surface area contributed by atoms with Crippen molar-refractivity contribution in [3.8, 4) is 0 Å². The molecule has 5 nitrogen and oxygen atoms in total. The lowest BCUT2D eigenvalue weighted by Crippen LogP contribution is -2.49. The van der Waals surface area contributed by atoms with E-state index in [1.807, 2.05) is 30.3 Å². The predicted molar refractivity (Wildman–Crippen MR) is 77.4 cm³/mol. The zero-order chi connectivity index (χ0) is 14.7. The molecule has 1 aromatic carbocycles. The molecular formula is C16H20N2O3. The number of benzene rings is 1. The molecular weight excluding hydrogens is 268 g/mol. The van der Waals surface area contributed by atoms with Gasteiger partial charge in [0.05, 0.1) is 13.2 Å². The highest BCUT2D eigenvalue weighted by atomic mass is 16.5. The van der Waals surface area contributed by atoms with Crippen LogP contribution in [0.25, 0.3) is 0 Å². The van der Waals surface area contributed by atoms with Gasteiger partial charge in [-0.3, -0.25) is 9.59 Å². The molecule has 5 heteroatoms. The second kappa shape index (κ2) is 5.85. The van der Waals surface area contributed by atoms with E-state index < -0.39 is 5.41 Å². The Morgan fingerprint density at radius 3 is 2.43 bits per heavy atom. The molecule has 1 aliphatic carbocycles. The van der Waals surface area contributed by atoms with E-state index in [2.05, 4.69) is 5.32 Å². The molecule has 2 fully saturated rings. The molecule has 1 saturated heterocycles. The zero-order valence-electron chi connectivity index (χ0n) is 12.0. The van der Waals surface area contributed by atoms with Crippen molar-refractivity contribution < 1.29 is 14.3 Å². The molecule has 2 aliphatic rings. The first-order valence-corrected chi connectivity index (χ1v) is 7.42. The molecule has 2 amide bonds. The summed E-state index contributed by atoms with van der Waals surface area (Å²) in [4.78, 5) is 26.7. The van der Waals surface area contributed by atoms with Crippen LogP contribution in [-0.4, -0.2) is 43.0 Å². The maximum Gasteiger partial charge on any atom is 0.238 e. The van der Waals surface area contributed by atoms with Crippen molar-refractivity contribution in [3.63, 3.8) is 0 Å². The molecule has 0 unspecified atom stereocenters. The number of hydrogen-bond donors (Lipinski definition) is 1. The monoisotopic (exact) mass is 288 g/mol. The van der Waals surface area contributed by atoms with Gasteiger partial charge in [0.25, 0.3) is 0 Å². The van der Waals surface area contributed by atoms with Crippen LogP contribution in [0, 0.1) is 5.41 Å². The Morgan fingerprint density at radius 2 is 1.81 bits per heavy atom. The summed E-state index contributed by atoms with van der Waals surface area (Å²) in [6.07, 6.45) is 1.31. The maximum atomic E-state index is 12.5. The van der Waals surface area contributed by atoms with Gasteiger partial charge in [-0.15, -0.1) is 0 Å². The summed E-state index contributed by atoms with van der Waals surface area (Å²) in [7, 11) is 0. The molecule has 1 saturated carbocycles. The number of carbonyl (C=O) groups is 2. The minimum Gasteiger partial charge on any atom is -0.378 e. The number of carbonyl (C=O) groups excluding carboxylic acids is 2. The molecule has 0 radical (unpaired) electrons. The molecule has 0 spiro atoms. The lowest BCUT2D eigenvalue weighted by Gasteiger charge is -2.30. The van der Waals surface area contributed by atoms with E-state index in [4.69, 9.17) is 4.74 Å². The van der Waals surface area contributed by atoms with Gasteiger partial charge >= 0.3 is 0 Å². The smallest absolute Gasteiger partial charge is 0.238 e. The van der Waals surface area contributed by atoms with Crippen LogP contribution in [0.2, 0.25) is 0 Å². The molecule has 1 aliphatic heterocycles. The Bertz CT molecular complexity index is 520. The summed E-state index contributed by atoms with van der Waals surface area (Å²) in [6.45, 7) is 2.78. The first-order chi connectivity index (χ1) is 10.2. The second-order valence-electron chi connectivity index (χ2n) is 5.65. The largest absolute Gasteiger partial charge is 0.378 e. The highest BCUT2D eigenvalue weighted by Gasteiger charge is 2.57. The number of amides is 2. The fourth-order valence-electron chi connectivity index (χ4n) is 2.68. The first-order valence-electron chi connectivity index (χ1n) is 7.42. The van der Waals surface area contributed by atoms with E-state index in [9.17, 15) is 9.59 Å². The van der Waals surface area contributed by atoms with Gasteiger partial charge in [-0.25, -0.2) is 0 Å². The van der Waals surface area contributed by atoms with Crippen molar-refractivity contribution in [2.24, 2.45) is 5.41 Å². The normalized spacial score (nSPS) is 19.9. The van der Waals surface area contributed by atoms with Gasteiger partial charge < -0.3 is 15.0 Å². The van der Waals surface area contributed by atoms with Crippen LogP contribution in [0.5, 0.6) is 0 Å². The maximum absolute atomic E-state index is 12.5. The Hall–Kier alpha value is -1.88. The van der Waals surface area contributed by atoms with Gasteiger partial charge in [-0.1, -0.05) is 30.3 Å². The van der Waals surface area contributed by atoms with Crippen LogP contribution in [0.1, 0.15) is 18.4 Å². The molecule has 1 heterocycles. The Labute approximate surface area is 124 Å². The van der Waals surface area contributed by atoms with Gasteiger partial charge in [0.2, 0.25) is 11.8 Å². The molecule has 21 heavy (non-hydrogen) atoms. The predicted octanol–water partition coefficient (Wildman–Crippen LogP) is 0.942. The first kappa shape index (κ1) is 14.1. The van der Waals surface area contributed by atoms with Crippen LogP contribution in [0.3, 0.4) is 0 Å². The highest BCUT2D eigenvalue weighted by Crippen LogP contribution is 2.47. The van der Waals surface area contributed by atoms with E-state index in [0.717, 1.165) is 5.56 Å². The third kappa shape index (κ3) is 2.93. The molecule has 3 rings (SSSR count). The van der Waals surface area contributed by atoms with Crippen molar-refractivity contribution in [3.05, 3.63) is 35.9 Å². The summed E-state index contributed by atoms with van der Waals surface area (Å²) < 4.78 is 5.25. The topological polar surface area (TPSA) is 58.6 Å². The van der Waals surface area contributed by atoms with Crippen molar-refractivity contribution in [2.75, 3.05) is 26.3 Å². The number of rotatable bonds is 4. The molecule has 112 valence electrons. The third-order valence-corrected chi connectivity index (χ3v) is 4.19. The number of morpholine rings is 1. The van der Waals surface area contributed by atoms with Gasteiger partial charge in [0.15, 0.2) is 0 Å². The Morgan fingerprint density at radius 1 is 1.14 bits per heavy atom. The van der Waals surface area contributed by atoms with Crippen LogP contribution < -0.4 is 5.32 Å². The third-order valence-electron chi connectivity index (χ3n) is 4.19. The summed E-state index contributed by atoms with van der Waals surface area (Å²) >= 11 is 0. The molecule has 0 bridgehead atoms. The molecule has 1 N–H and O–H groups in total. The number of ether oxygens (including phenoxy) is 1. The van der Waals surface area contributed by atoms with Gasteiger partial charge in [0, 0.05) is 19.6 Å². The van der Waals surface area contributed by atoms with Crippen LogP contribution in [0.15, 0.2) is 30.3 Å². The minimum atomic E-state index is -0.813. The van der Waals surface area contributed by atoms with Crippen molar-refractivity contribution in [2.45, 2.75) is 19.4 Å². The van der Waals surface area contributed by atoms with Crippen molar-refractivity contribution >= 4 is 11.8 Å². The van der Waals surface area contributed by atoms with Crippen LogP contribution in [-0.2, 0) is 20.9 Å². The number of hydrogen-bond acceptors (Lipinski definition) is 3. The van der Waals surface area contributed by atoms with E-state index in [0.29, 0.717) is 45.7 Å². The Balaban J connectivity index is 1.59. The molecule has 0 aromatic heterocycles. The zero-order valence-corrected chi connectivity index (χ0v) is 12.0.